The Morgan fingerprint density at radius 3 is 1.52 bits per heavy atom. The highest BCUT2D eigenvalue weighted by Crippen LogP contribution is 2.14. The molecule has 0 spiro atoms. The minimum Gasteiger partial charge on any atom is -1.00 e. The van der Waals surface area contributed by atoms with Gasteiger partial charge in [0.2, 0.25) is 0 Å². The summed E-state index contributed by atoms with van der Waals surface area (Å²) in [5.74, 6) is 0. The van der Waals surface area contributed by atoms with Gasteiger partial charge in [-0.25, -0.2) is 0 Å². The number of hydrogen-bond acceptors (Lipinski definition) is 1. The minimum atomic E-state index is 0. The summed E-state index contributed by atoms with van der Waals surface area (Å²) in [6.07, 6.45) is 33.8. The summed E-state index contributed by atoms with van der Waals surface area (Å²) in [5.41, 5.74) is 0. The molecule has 0 radical (unpaired) electrons. The molecule has 0 amide bonds. The highest BCUT2D eigenvalue weighted by atomic mass is 35.5. The molecule has 1 N–H and O–H groups in total. The Morgan fingerprint density at radius 1 is 0.667 bits per heavy atom. The predicted octanol–water partition coefficient (Wildman–Crippen LogP) is 6.18. The topological polar surface area (TPSA) is 12.0 Å². The molecule has 33 heavy (non-hydrogen) atoms. The number of halogens is 1. The van der Waals surface area contributed by atoms with Crippen LogP contribution in [0.1, 0.15) is 136 Å². The number of allylic oxidation sites excluding steroid dienone is 2. The summed E-state index contributed by atoms with van der Waals surface area (Å²) in [4.78, 5) is 0. The summed E-state index contributed by atoms with van der Waals surface area (Å²) in [5, 5.41) is 3.62. The van der Waals surface area contributed by atoms with Gasteiger partial charge in [-0.2, -0.15) is 0 Å². The van der Waals surface area contributed by atoms with Crippen molar-refractivity contribution >= 4 is 0 Å². The fourth-order valence-corrected chi connectivity index (χ4v) is 4.73. The minimum absolute atomic E-state index is 0. The largest absolute Gasteiger partial charge is 1.00 e. The van der Waals surface area contributed by atoms with Gasteiger partial charge in [-0.05, 0) is 38.5 Å². The molecule has 3 heteroatoms. The third kappa shape index (κ3) is 23.2. The Kier molecular flexibility index (Phi) is 27.8. The van der Waals surface area contributed by atoms with Crippen molar-refractivity contribution < 1.29 is 16.9 Å². The second-order valence-corrected chi connectivity index (χ2v) is 10.5. The van der Waals surface area contributed by atoms with E-state index in [0.29, 0.717) is 6.17 Å². The van der Waals surface area contributed by atoms with E-state index in [9.17, 15) is 0 Å². The summed E-state index contributed by atoms with van der Waals surface area (Å²) in [7, 11) is 4.74. The molecule has 0 aromatic heterocycles. The van der Waals surface area contributed by atoms with E-state index >= 15 is 0 Å². The molecule has 1 atom stereocenters. The average Bonchev–Trinajstić information content (AvgIpc) is 2.78. The molecule has 0 heterocycles. The van der Waals surface area contributed by atoms with Crippen LogP contribution in [0.25, 0.3) is 0 Å². The van der Waals surface area contributed by atoms with E-state index in [1.165, 1.54) is 129 Å². The molecule has 0 aliphatic rings. The van der Waals surface area contributed by atoms with Crippen LogP contribution < -0.4 is 17.7 Å². The zero-order valence-corrected chi connectivity index (χ0v) is 23.9. The van der Waals surface area contributed by atoms with Crippen LogP contribution in [-0.2, 0) is 0 Å². The van der Waals surface area contributed by atoms with Crippen molar-refractivity contribution in [3.8, 4) is 0 Å². The lowest BCUT2D eigenvalue weighted by atomic mass is 10.0. The van der Waals surface area contributed by atoms with Crippen LogP contribution in [0, 0.1) is 0 Å². The Hall–Kier alpha value is -0.310. The van der Waals surface area contributed by atoms with Crippen molar-refractivity contribution in [3.63, 3.8) is 0 Å². The maximum Gasteiger partial charge on any atom is 0.142 e. The molecule has 2 nitrogen and oxygen atoms in total. The Balaban J connectivity index is 0. The number of hydrogen-bond donors (Lipinski definition) is 1. The van der Waals surface area contributed by atoms with Crippen molar-refractivity contribution in [1.82, 2.24) is 5.32 Å². The zero-order valence-electron chi connectivity index (χ0n) is 23.2. The van der Waals surface area contributed by atoms with E-state index in [-0.39, 0.29) is 12.4 Å². The molecular weight excluding hydrogens is 424 g/mol. The SMILES string of the molecule is C=CCNC(CC)[N+](C)(C)CCCCCCCCCCCC/C=C\CCCCCCCC.[Cl-]. The normalized spacial score (nSPS) is 12.7. The van der Waals surface area contributed by atoms with Gasteiger partial charge in [0.1, 0.15) is 6.17 Å². The number of rotatable bonds is 25. The van der Waals surface area contributed by atoms with Gasteiger partial charge in [-0.3, -0.25) is 5.32 Å². The molecule has 0 saturated heterocycles. The maximum absolute atomic E-state index is 3.83. The smallest absolute Gasteiger partial charge is 0.142 e. The first kappa shape index (κ1) is 34.9. The Bertz CT molecular complexity index is 420. The van der Waals surface area contributed by atoms with E-state index in [4.69, 9.17) is 0 Å². The lowest BCUT2D eigenvalue weighted by molar-refractivity contribution is -0.918. The van der Waals surface area contributed by atoms with Crippen molar-refractivity contribution in [2.75, 3.05) is 27.2 Å². The third-order valence-corrected chi connectivity index (χ3v) is 6.97. The number of nitrogens with one attached hydrogen (secondary N) is 1. The summed E-state index contributed by atoms with van der Waals surface area (Å²) in [6, 6.07) is 0. The van der Waals surface area contributed by atoms with Gasteiger partial charge in [0.25, 0.3) is 0 Å². The van der Waals surface area contributed by atoms with E-state index in [2.05, 4.69) is 52.0 Å². The lowest BCUT2D eigenvalue weighted by Crippen LogP contribution is -3.00. The van der Waals surface area contributed by atoms with Crippen LogP contribution in [-0.4, -0.2) is 37.8 Å². The first-order chi connectivity index (χ1) is 15.6. The average molecular weight is 485 g/mol. The molecule has 0 saturated carbocycles. The fourth-order valence-electron chi connectivity index (χ4n) is 4.73. The highest BCUT2D eigenvalue weighted by molar-refractivity contribution is 4.81. The summed E-state index contributed by atoms with van der Waals surface area (Å²) in [6.45, 7) is 10.6. The highest BCUT2D eigenvalue weighted by Gasteiger charge is 2.24. The fraction of sp³-hybridized carbons (Fsp3) is 0.867. The molecule has 198 valence electrons. The number of quaternary nitrogens is 1. The molecular formula is C30H61ClN2. The summed E-state index contributed by atoms with van der Waals surface area (Å²) >= 11 is 0. The van der Waals surface area contributed by atoms with Gasteiger partial charge >= 0.3 is 0 Å². The number of unbranched alkanes of at least 4 members (excludes halogenated alkanes) is 16. The third-order valence-electron chi connectivity index (χ3n) is 6.97. The van der Waals surface area contributed by atoms with E-state index in [0.717, 1.165) is 11.0 Å². The molecule has 1 unspecified atom stereocenters. The van der Waals surface area contributed by atoms with Gasteiger partial charge < -0.3 is 16.9 Å². The van der Waals surface area contributed by atoms with Gasteiger partial charge in [0.15, 0.2) is 0 Å². The van der Waals surface area contributed by atoms with Gasteiger partial charge in [-0.15, -0.1) is 6.58 Å². The predicted molar refractivity (Wildman–Crippen MR) is 147 cm³/mol. The first-order valence-electron chi connectivity index (χ1n) is 14.4. The summed E-state index contributed by atoms with van der Waals surface area (Å²) < 4.78 is 1.08. The standard InChI is InChI=1S/C30H61N2.ClH/c1-6-9-10-11-12-13-14-15-16-17-18-19-20-21-22-23-24-25-26-27-29-32(4,5)30(8-3)31-28-7-2;/h7,15-16,30-31H,2,6,8-14,17-29H2,1,3-5H3;1H/q+1;/p-1/b16-15-;. The number of nitrogens with zero attached hydrogens (tertiary/aromatic N) is 1. The molecule has 0 bridgehead atoms. The maximum atomic E-state index is 3.83. The van der Waals surface area contributed by atoms with Gasteiger partial charge in [0.05, 0.1) is 20.6 Å². The van der Waals surface area contributed by atoms with Crippen molar-refractivity contribution in [3.05, 3.63) is 24.8 Å². The second kappa shape index (κ2) is 26.3. The second-order valence-electron chi connectivity index (χ2n) is 10.5. The van der Waals surface area contributed by atoms with Crippen molar-refractivity contribution in [2.24, 2.45) is 0 Å². The quantitative estimate of drug-likeness (QED) is 0.0706. The molecule has 0 fully saturated rings. The van der Waals surface area contributed by atoms with E-state index in [1.807, 2.05) is 6.08 Å². The first-order valence-corrected chi connectivity index (χ1v) is 14.4. The molecule has 0 aliphatic carbocycles. The molecule has 0 aromatic carbocycles. The zero-order chi connectivity index (χ0) is 23.8. The van der Waals surface area contributed by atoms with Crippen LogP contribution in [0.2, 0.25) is 0 Å². The monoisotopic (exact) mass is 484 g/mol. The van der Waals surface area contributed by atoms with Crippen LogP contribution in [0.5, 0.6) is 0 Å². The van der Waals surface area contributed by atoms with Crippen LogP contribution in [0.3, 0.4) is 0 Å². The van der Waals surface area contributed by atoms with Gasteiger partial charge in [-0.1, -0.05) is 109 Å². The van der Waals surface area contributed by atoms with E-state index < -0.39 is 0 Å². The van der Waals surface area contributed by atoms with Crippen LogP contribution in [0.4, 0.5) is 0 Å². The van der Waals surface area contributed by atoms with Crippen LogP contribution in [0.15, 0.2) is 24.8 Å². The molecule has 0 aliphatic heterocycles. The lowest BCUT2D eigenvalue weighted by Gasteiger charge is -2.38. The van der Waals surface area contributed by atoms with E-state index in [1.54, 1.807) is 0 Å². The molecule has 0 aromatic rings. The van der Waals surface area contributed by atoms with Gasteiger partial charge in [0, 0.05) is 13.0 Å². The van der Waals surface area contributed by atoms with Crippen molar-refractivity contribution in [2.45, 2.75) is 142 Å². The Labute approximate surface area is 216 Å². The molecule has 0 rings (SSSR count). The van der Waals surface area contributed by atoms with Crippen LogP contribution >= 0.6 is 0 Å². The van der Waals surface area contributed by atoms with Crippen molar-refractivity contribution in [1.29, 1.82) is 0 Å². The Morgan fingerprint density at radius 2 is 1.09 bits per heavy atom.